The lowest BCUT2D eigenvalue weighted by Crippen LogP contribution is -2.57. The molecule has 2 aliphatic rings. The van der Waals surface area contributed by atoms with Crippen molar-refractivity contribution in [3.63, 3.8) is 0 Å². The Morgan fingerprint density at radius 1 is 0.570 bits per heavy atom. The summed E-state index contributed by atoms with van der Waals surface area (Å²) in [5.41, 5.74) is 33.2. The summed E-state index contributed by atoms with van der Waals surface area (Å²) in [5, 5.41) is 38.2. The summed E-state index contributed by atoms with van der Waals surface area (Å²) >= 11 is 0. The van der Waals surface area contributed by atoms with Gasteiger partial charge in [-0.2, -0.15) is 5.21 Å². The van der Waals surface area contributed by atoms with E-state index in [0.717, 1.165) is 16.1 Å². The average Bonchev–Trinajstić information content (AvgIpc) is 0.914. The van der Waals surface area contributed by atoms with Crippen molar-refractivity contribution in [1.82, 2.24) is 83.0 Å². The Morgan fingerprint density at radius 2 is 1.03 bits per heavy atom. The van der Waals surface area contributed by atoms with Gasteiger partial charge in [0.05, 0.1) is 24.5 Å². The fourth-order valence-electron chi connectivity index (χ4n) is 12.8. The molecule has 0 spiro atoms. The van der Waals surface area contributed by atoms with E-state index in [2.05, 4.69) is 73.2 Å². The van der Waals surface area contributed by atoms with Gasteiger partial charge in [0.25, 0.3) is 0 Å². The van der Waals surface area contributed by atoms with Crippen molar-refractivity contribution in [2.24, 2.45) is 28.7 Å². The Hall–Kier alpha value is -10.7. The second-order valence-electron chi connectivity index (χ2n) is 28.0. The van der Waals surface area contributed by atoms with Crippen LogP contribution >= 0.6 is 0 Å². The minimum absolute atomic E-state index is 0.00823. The maximum absolute atomic E-state index is 15.4. The third-order valence-electron chi connectivity index (χ3n) is 18.9. The predicted octanol–water partition coefficient (Wildman–Crippen LogP) is -2.62. The van der Waals surface area contributed by atoms with Crippen LogP contribution in [-0.2, 0) is 70.8 Å². The van der Waals surface area contributed by atoms with Gasteiger partial charge in [-0.25, -0.2) is 13.1 Å². The molecule has 3 heterocycles. The number of hydrogen-bond donors (Lipinski definition) is 16. The van der Waals surface area contributed by atoms with Crippen LogP contribution in [0.25, 0.3) is 22.3 Å². The van der Waals surface area contributed by atoms with Gasteiger partial charge in [-0.1, -0.05) is 30.7 Å². The van der Waals surface area contributed by atoms with Crippen LogP contribution in [0, 0.1) is 0 Å². The van der Waals surface area contributed by atoms with E-state index in [1.54, 1.807) is 79.8 Å². The zero-order chi connectivity index (χ0) is 83.5. The topological polar surface area (TPSA) is 570 Å². The normalized spacial score (nSPS) is 18.5. The lowest BCUT2D eigenvalue weighted by molar-refractivity contribution is -0.143. The highest BCUT2D eigenvalue weighted by atomic mass is 32.2. The summed E-state index contributed by atoms with van der Waals surface area (Å²) in [7, 11) is 0.370. The molecule has 0 aliphatic carbocycles. The second kappa shape index (κ2) is 43.6. The largest absolute Gasteiger partial charge is 0.492 e. The number of aromatic nitrogens is 4. The third-order valence-corrected chi connectivity index (χ3v) is 19.7. The molecule has 9 amide bonds. The molecule has 5 aromatic rings. The number of ether oxygens (including phenoxy) is 4. The van der Waals surface area contributed by atoms with Gasteiger partial charge in [0.2, 0.25) is 74.8 Å². The van der Waals surface area contributed by atoms with Crippen molar-refractivity contribution in [2.75, 3.05) is 93.1 Å². The molecular weight excluding hydrogens is 1500 g/mol. The molecule has 11 atom stereocenters. The highest BCUT2D eigenvalue weighted by Crippen LogP contribution is 2.42. The quantitative estimate of drug-likeness (QED) is 0.0109. The van der Waals surface area contributed by atoms with E-state index in [4.69, 9.17) is 47.6 Å². The number of aromatic amines is 1. The standard InChI is InChI=1S/C75H109N21O17S/c1-41(45(5)97)83-70(102)56-37-47-17-21-59(51(36-47)53-40-49(19-23-61(53)112-33-28-79)65(73(105)86-43(3)68(100)88-56)96(8)75(107)55(13-10-11-25-76)92-114(9,108)109)113-34-30-82-62(80)15-12-14-54(87-63(98)24-29-81-6)74(106)95(7)64-48-18-22-60(111-32-27-78)52(39-48)50-35-46(16-20-58(50)110-31-26-77)38-57(89-69(101)44(4)85-72(64)104)71(103)84-42(2)66(99)67-90-93-94-91-67/h16-23,35-36,39-44,54-57,62,64-65,81-82,92H,10-15,24-34,37-38,76-80H2,1-9H3,(H,83,102)(H,84,103)(H,85,104)(H,86,105)(H,87,98)(H,88,100)(H,89,101)(H,90,91,93,94)/t41-,42-,43-,44-,54-,55-,56-,57-,62?,64-,65-/m0/s1. The number of nitrogens with one attached hydrogen (secondary N) is 11. The SMILES string of the molecule is CNCCC(=O)N[C@@H](CCCC(N)NCCOc1ccc2cc1-c1cc(ccc1OCCN)[C@H](N(C)C(=O)[C@H](CCCCN)NS(C)(=O)=O)C(=O)N[C@@H](C)C(=O)N[C@H](C(=O)N[C@@H](C)C(C)=O)C2)C(=O)N(C)[C@@H]1C(=O)N[C@@H](C)C(=O)N[C@H](C(=O)N[C@@H](C)C(=O)c2nn[nH]n2)Cc2ccc(OCCN)c(c2)-c2cc1ccc2OCCN. The smallest absolute Gasteiger partial charge is 0.248 e. The zero-order valence-corrected chi connectivity index (χ0v) is 66.5. The van der Waals surface area contributed by atoms with E-state index in [1.807, 2.05) is 0 Å². The molecule has 38 nitrogen and oxygen atoms in total. The lowest BCUT2D eigenvalue weighted by Gasteiger charge is -2.33. The van der Waals surface area contributed by atoms with Crippen LogP contribution in [0.5, 0.6) is 23.0 Å². The number of carbonyl (C=O) groups excluding carboxylic acids is 11. The van der Waals surface area contributed by atoms with Gasteiger partial charge in [0, 0.05) is 88.3 Å². The first kappa shape index (κ1) is 90.5. The minimum Gasteiger partial charge on any atom is -0.492 e. The Morgan fingerprint density at radius 3 is 1.47 bits per heavy atom. The molecule has 8 bridgehead atoms. The third kappa shape index (κ3) is 25.7. The van der Waals surface area contributed by atoms with Crippen LogP contribution in [0.4, 0.5) is 0 Å². The number of likely N-dealkylation sites (N-methyl/N-ethyl adjacent to an activating group) is 2. The van der Waals surface area contributed by atoms with Gasteiger partial charge in [-0.05, 0) is 156 Å². The van der Waals surface area contributed by atoms with Crippen LogP contribution in [0.2, 0.25) is 0 Å². The number of carbonyl (C=O) groups is 11. The fourth-order valence-corrected chi connectivity index (χ4v) is 13.5. The van der Waals surface area contributed by atoms with Crippen molar-refractivity contribution >= 4 is 74.8 Å². The number of nitrogens with zero attached hydrogens (tertiary/aromatic N) is 5. The van der Waals surface area contributed by atoms with E-state index < -0.39 is 136 Å². The number of hydrogen-bond acceptors (Lipinski definition) is 27. The van der Waals surface area contributed by atoms with Gasteiger partial charge >= 0.3 is 0 Å². The predicted molar refractivity (Wildman–Crippen MR) is 420 cm³/mol. The maximum Gasteiger partial charge on any atom is 0.248 e. The number of Topliss-reactive ketones (excluding diaryl/α,β-unsaturated/α-hetero) is 2. The van der Waals surface area contributed by atoms with E-state index in [1.165, 1.54) is 48.7 Å². The molecule has 39 heteroatoms. The van der Waals surface area contributed by atoms with Crippen molar-refractivity contribution in [2.45, 2.75) is 159 Å². The lowest BCUT2D eigenvalue weighted by atomic mass is 9.93. The summed E-state index contributed by atoms with van der Waals surface area (Å²) in [5.74, 6) is -7.04. The van der Waals surface area contributed by atoms with Gasteiger partial charge in [0.15, 0.2) is 5.78 Å². The number of amides is 9. The number of tetrazole rings is 1. The Labute approximate surface area is 661 Å². The van der Waals surface area contributed by atoms with Gasteiger partial charge in [0.1, 0.15) is 97.8 Å². The molecule has 7 rings (SSSR count). The minimum atomic E-state index is -3.99. The molecular formula is C75H109N21O17S. The molecule has 0 saturated carbocycles. The fraction of sp³-hybridized carbons (Fsp3) is 0.520. The molecule has 1 unspecified atom stereocenters. The first-order valence-electron chi connectivity index (χ1n) is 37.7. The van der Waals surface area contributed by atoms with E-state index in [0.29, 0.717) is 57.7 Å². The number of sulfonamides is 1. The first-order valence-corrected chi connectivity index (χ1v) is 39.6. The molecule has 0 radical (unpaired) electrons. The Kier molecular flexibility index (Phi) is 34.6. The van der Waals surface area contributed by atoms with Crippen molar-refractivity contribution < 1.29 is 80.1 Å². The molecule has 4 aromatic carbocycles. The molecule has 622 valence electrons. The number of unbranched alkanes of at least 4 members (excludes halogenated alkanes) is 1. The van der Waals surface area contributed by atoms with E-state index >= 15 is 9.59 Å². The average molecular weight is 1610 g/mol. The summed E-state index contributed by atoms with van der Waals surface area (Å²) in [6.45, 7) is 7.93. The number of ketones is 2. The number of rotatable bonds is 39. The van der Waals surface area contributed by atoms with Crippen LogP contribution in [0.15, 0.2) is 72.8 Å². The molecule has 0 fully saturated rings. The molecule has 1 aromatic heterocycles. The Bertz CT molecular complexity index is 4310. The Balaban J connectivity index is 1.19. The highest BCUT2D eigenvalue weighted by Gasteiger charge is 2.40. The summed E-state index contributed by atoms with van der Waals surface area (Å²) in [6.07, 6.45) is 1.04. The second-order valence-corrected chi connectivity index (χ2v) is 29.8. The summed E-state index contributed by atoms with van der Waals surface area (Å²) < 4.78 is 53.1. The number of H-pyrrole nitrogens is 1. The van der Waals surface area contributed by atoms with Crippen molar-refractivity contribution in [3.05, 3.63) is 101 Å². The molecule has 21 N–H and O–H groups in total. The van der Waals surface area contributed by atoms with Crippen LogP contribution in [0.1, 0.15) is 125 Å². The summed E-state index contributed by atoms with van der Waals surface area (Å²) in [6, 6.07) is 6.36. The maximum atomic E-state index is 15.4. The van der Waals surface area contributed by atoms with E-state index in [-0.39, 0.29) is 145 Å². The van der Waals surface area contributed by atoms with Gasteiger partial charge in [-0.15, -0.1) is 10.2 Å². The highest BCUT2D eigenvalue weighted by molar-refractivity contribution is 7.88. The zero-order valence-electron chi connectivity index (χ0n) is 65.7. The monoisotopic (exact) mass is 1610 g/mol. The molecule has 114 heavy (non-hydrogen) atoms. The number of benzene rings is 4. The van der Waals surface area contributed by atoms with Crippen LogP contribution in [-0.4, -0.2) is 251 Å². The van der Waals surface area contributed by atoms with Crippen LogP contribution in [0.3, 0.4) is 0 Å². The molecule has 0 saturated heterocycles. The first-order chi connectivity index (χ1) is 54.3. The molecule has 2 aliphatic heterocycles. The van der Waals surface area contributed by atoms with Gasteiger partial charge in [-0.3, -0.25) is 58.1 Å². The number of fused-ring (bicyclic) bond motifs is 10. The number of nitrogens with two attached hydrogens (primary N) is 5. The van der Waals surface area contributed by atoms with Crippen LogP contribution < -0.4 is 100 Å². The van der Waals surface area contributed by atoms with Crippen molar-refractivity contribution in [1.29, 1.82) is 0 Å². The van der Waals surface area contributed by atoms with Gasteiger partial charge < -0.3 is 99.9 Å². The van der Waals surface area contributed by atoms with Crippen molar-refractivity contribution in [3.8, 4) is 45.3 Å². The summed E-state index contributed by atoms with van der Waals surface area (Å²) in [4.78, 5) is 158. The van der Waals surface area contributed by atoms with E-state index in [9.17, 15) is 51.6 Å².